The van der Waals surface area contributed by atoms with Crippen LogP contribution in [0, 0.1) is 20.2 Å². The summed E-state index contributed by atoms with van der Waals surface area (Å²) in [6, 6.07) is 28.2. The van der Waals surface area contributed by atoms with E-state index in [1.165, 1.54) is 47.8 Å². The summed E-state index contributed by atoms with van der Waals surface area (Å²) in [5.41, 5.74) is 4.99. The quantitative estimate of drug-likeness (QED) is 0.147. The molecule has 0 spiro atoms. The normalized spacial score (nSPS) is 19.2. The van der Waals surface area contributed by atoms with Crippen molar-refractivity contribution in [1.82, 2.24) is 4.90 Å². The Morgan fingerprint density at radius 3 is 1.77 bits per heavy atom. The molecule has 0 N–H and O–H groups in total. The summed E-state index contributed by atoms with van der Waals surface area (Å²) in [4.78, 5) is 58.0. The summed E-state index contributed by atoms with van der Waals surface area (Å²) in [5, 5.41) is 21.7. The highest BCUT2D eigenvalue weighted by atomic mass is 32.2. The number of rotatable bonds is 9. The molecular formula is C34H28N6O6S2. The molecule has 48 heavy (non-hydrogen) atoms. The van der Waals surface area contributed by atoms with Gasteiger partial charge in [0, 0.05) is 54.3 Å². The lowest BCUT2D eigenvalue weighted by Crippen LogP contribution is -2.30. The van der Waals surface area contributed by atoms with Crippen LogP contribution in [0.4, 0.5) is 22.7 Å². The highest BCUT2D eigenvalue weighted by molar-refractivity contribution is 8.01. The molecule has 3 heterocycles. The first-order valence-electron chi connectivity index (χ1n) is 15.1. The van der Waals surface area contributed by atoms with Crippen molar-refractivity contribution in [2.45, 2.75) is 17.3 Å². The summed E-state index contributed by atoms with van der Waals surface area (Å²) in [7, 11) is 0. The summed E-state index contributed by atoms with van der Waals surface area (Å²) < 4.78 is 0. The third kappa shape index (κ3) is 6.11. The van der Waals surface area contributed by atoms with Crippen molar-refractivity contribution >= 4 is 63.9 Å². The average molecular weight is 681 g/mol. The second kappa shape index (κ2) is 13.1. The Balaban J connectivity index is 1.10. The molecule has 2 saturated heterocycles. The minimum Gasteiger partial charge on any atom is -0.350 e. The molecule has 2 unspecified atom stereocenters. The van der Waals surface area contributed by atoms with Crippen LogP contribution in [0.15, 0.2) is 102 Å². The molecule has 3 aliphatic rings. The van der Waals surface area contributed by atoms with Crippen LogP contribution in [0.1, 0.15) is 33.0 Å². The maximum Gasteiger partial charge on any atom is 0.269 e. The highest BCUT2D eigenvalue weighted by Crippen LogP contribution is 2.44. The van der Waals surface area contributed by atoms with Crippen LogP contribution in [0.5, 0.6) is 0 Å². The Kier molecular flexibility index (Phi) is 8.58. The molecule has 0 bridgehead atoms. The Bertz CT molecular complexity index is 1950. The molecule has 242 valence electrons. The van der Waals surface area contributed by atoms with E-state index in [4.69, 9.17) is 4.99 Å². The Morgan fingerprint density at radius 1 is 0.708 bits per heavy atom. The summed E-state index contributed by atoms with van der Waals surface area (Å²) >= 11 is 2.97. The van der Waals surface area contributed by atoms with E-state index >= 15 is 0 Å². The zero-order chi connectivity index (χ0) is 33.4. The van der Waals surface area contributed by atoms with Crippen LogP contribution in [0.2, 0.25) is 0 Å². The van der Waals surface area contributed by atoms with Gasteiger partial charge in [-0.25, -0.2) is 0 Å². The van der Waals surface area contributed by atoms with Gasteiger partial charge in [-0.15, -0.1) is 23.5 Å². The summed E-state index contributed by atoms with van der Waals surface area (Å²) in [6.45, 7) is 1.88. The number of benzene rings is 4. The topological polar surface area (TPSA) is 142 Å². The second-order valence-electron chi connectivity index (χ2n) is 11.4. The molecule has 0 aromatic heterocycles. The molecule has 4 aromatic rings. The SMILES string of the molecule is O=C1CSC(c2ccc([N+](=O)[O-])cc2)N1c1cccc(CN2CCN=C2c2cccc(N3C(=O)CSC3c3ccc([N+](=O)[O-])cc3)c2)c1. The number of non-ortho nitro benzene ring substituents is 2. The fraction of sp³-hybridized carbons (Fsp3) is 0.206. The number of thioether (sulfide) groups is 2. The number of hydrogen-bond donors (Lipinski definition) is 0. The van der Waals surface area contributed by atoms with E-state index in [1.807, 2.05) is 48.5 Å². The molecule has 4 aromatic carbocycles. The minimum atomic E-state index is -0.439. The van der Waals surface area contributed by atoms with Gasteiger partial charge in [0.15, 0.2) is 0 Å². The molecule has 3 aliphatic heterocycles. The largest absolute Gasteiger partial charge is 0.350 e. The van der Waals surface area contributed by atoms with Crippen LogP contribution in [-0.2, 0) is 16.1 Å². The van der Waals surface area contributed by atoms with Crippen LogP contribution >= 0.6 is 23.5 Å². The first-order chi connectivity index (χ1) is 23.3. The Labute approximate surface area is 283 Å². The maximum absolute atomic E-state index is 13.1. The van der Waals surface area contributed by atoms with E-state index < -0.39 is 9.85 Å². The molecule has 0 radical (unpaired) electrons. The first-order valence-corrected chi connectivity index (χ1v) is 17.2. The van der Waals surface area contributed by atoms with E-state index in [0.717, 1.165) is 39.5 Å². The van der Waals surface area contributed by atoms with Crippen molar-refractivity contribution in [1.29, 1.82) is 0 Å². The zero-order valence-corrected chi connectivity index (χ0v) is 27.0. The molecule has 0 aliphatic carbocycles. The maximum atomic E-state index is 13.1. The number of nitro groups is 2. The Morgan fingerprint density at radius 2 is 1.23 bits per heavy atom. The summed E-state index contributed by atoms with van der Waals surface area (Å²) in [6.07, 6.45) is 0. The second-order valence-corrected chi connectivity index (χ2v) is 13.5. The molecule has 12 nitrogen and oxygen atoms in total. The van der Waals surface area contributed by atoms with Gasteiger partial charge >= 0.3 is 0 Å². The van der Waals surface area contributed by atoms with Crippen molar-refractivity contribution in [3.63, 3.8) is 0 Å². The number of carbonyl (C=O) groups excluding carboxylic acids is 2. The van der Waals surface area contributed by atoms with Crippen molar-refractivity contribution < 1.29 is 19.4 Å². The zero-order valence-electron chi connectivity index (χ0n) is 25.4. The number of aliphatic imine (C=N–C) groups is 1. The smallest absolute Gasteiger partial charge is 0.269 e. The molecule has 2 amide bonds. The van der Waals surface area contributed by atoms with Crippen molar-refractivity contribution in [3.8, 4) is 0 Å². The van der Waals surface area contributed by atoms with E-state index in [-0.39, 0.29) is 33.9 Å². The lowest BCUT2D eigenvalue weighted by Gasteiger charge is -2.27. The van der Waals surface area contributed by atoms with Crippen molar-refractivity contribution in [2.24, 2.45) is 4.99 Å². The van der Waals surface area contributed by atoms with Gasteiger partial charge in [0.05, 0.1) is 27.9 Å². The van der Waals surface area contributed by atoms with Crippen LogP contribution < -0.4 is 9.80 Å². The molecule has 2 fully saturated rings. The molecule has 0 saturated carbocycles. The molecule has 2 atom stereocenters. The van der Waals surface area contributed by atoms with E-state index in [2.05, 4.69) is 4.90 Å². The third-order valence-electron chi connectivity index (χ3n) is 8.39. The average Bonchev–Trinajstić information content (AvgIpc) is 3.83. The van der Waals surface area contributed by atoms with E-state index in [0.29, 0.717) is 31.1 Å². The lowest BCUT2D eigenvalue weighted by atomic mass is 10.1. The molecule has 7 rings (SSSR count). The first kappa shape index (κ1) is 31.4. The molecule has 14 heteroatoms. The highest BCUT2D eigenvalue weighted by Gasteiger charge is 2.36. The number of amidine groups is 1. The minimum absolute atomic E-state index is 0.00159. The van der Waals surface area contributed by atoms with Crippen LogP contribution in [0.25, 0.3) is 0 Å². The number of nitro benzene ring substituents is 2. The fourth-order valence-corrected chi connectivity index (χ4v) is 8.51. The standard InChI is InChI=1S/C34H28N6O6S2/c41-30-20-47-33(23-7-11-26(12-8-23)39(43)44)37(30)28-5-1-3-22(17-28)19-36-16-15-35-32(36)25-4-2-6-29(18-25)38-31(42)21-48-34(38)24-9-13-27(14-10-24)40(45)46/h1-14,17-18,33-34H,15-16,19-21H2. The van der Waals surface area contributed by atoms with Gasteiger partial charge in [0.2, 0.25) is 11.8 Å². The van der Waals surface area contributed by atoms with Gasteiger partial charge < -0.3 is 4.90 Å². The van der Waals surface area contributed by atoms with Gasteiger partial charge in [-0.05, 0) is 65.2 Å². The van der Waals surface area contributed by atoms with E-state index in [9.17, 15) is 29.8 Å². The molecular weight excluding hydrogens is 653 g/mol. The van der Waals surface area contributed by atoms with Gasteiger partial charge in [-0.1, -0.05) is 24.3 Å². The lowest BCUT2D eigenvalue weighted by molar-refractivity contribution is -0.385. The van der Waals surface area contributed by atoms with Gasteiger partial charge in [0.25, 0.3) is 11.4 Å². The number of hydrogen-bond acceptors (Lipinski definition) is 10. The Hall–Kier alpha value is -5.21. The van der Waals surface area contributed by atoms with Crippen LogP contribution in [-0.4, -0.2) is 57.0 Å². The number of carbonyl (C=O) groups is 2. The van der Waals surface area contributed by atoms with Crippen molar-refractivity contribution in [2.75, 3.05) is 34.4 Å². The summed E-state index contributed by atoms with van der Waals surface area (Å²) in [5.74, 6) is 1.36. The van der Waals surface area contributed by atoms with Crippen molar-refractivity contribution in [3.05, 3.63) is 140 Å². The van der Waals surface area contributed by atoms with Gasteiger partial charge in [0.1, 0.15) is 16.6 Å². The fourth-order valence-electron chi connectivity index (χ4n) is 6.15. The predicted octanol–water partition coefficient (Wildman–Crippen LogP) is 6.32. The predicted molar refractivity (Wildman–Crippen MR) is 186 cm³/mol. The third-order valence-corrected chi connectivity index (χ3v) is 10.8. The van der Waals surface area contributed by atoms with Gasteiger partial charge in [-0.2, -0.15) is 0 Å². The van der Waals surface area contributed by atoms with Crippen LogP contribution in [0.3, 0.4) is 0 Å². The number of nitrogens with zero attached hydrogens (tertiary/aromatic N) is 6. The monoisotopic (exact) mass is 680 g/mol. The van der Waals surface area contributed by atoms with E-state index in [1.54, 1.807) is 34.1 Å². The number of amides is 2. The van der Waals surface area contributed by atoms with Gasteiger partial charge in [-0.3, -0.25) is 44.6 Å². The number of anilines is 2.